The molecule has 0 radical (unpaired) electrons. The van der Waals surface area contributed by atoms with Crippen LogP contribution >= 0.6 is 0 Å². The Balaban J connectivity index is 2.33. The SMILES string of the molecule is Cc1ccc(C(=O)Nc2c(C)cccc2C(=O)O)o1. The summed E-state index contributed by atoms with van der Waals surface area (Å²) < 4.78 is 5.20. The highest BCUT2D eigenvalue weighted by molar-refractivity contribution is 6.07. The Bertz CT molecular complexity index is 643. The van der Waals surface area contributed by atoms with Crippen molar-refractivity contribution in [1.82, 2.24) is 0 Å². The molecule has 0 bridgehead atoms. The number of aryl methyl sites for hydroxylation is 2. The van der Waals surface area contributed by atoms with Crippen molar-refractivity contribution in [3.8, 4) is 0 Å². The van der Waals surface area contributed by atoms with Gasteiger partial charge in [0.05, 0.1) is 11.3 Å². The number of anilines is 1. The van der Waals surface area contributed by atoms with E-state index in [0.29, 0.717) is 11.3 Å². The van der Waals surface area contributed by atoms with E-state index in [0.717, 1.165) is 0 Å². The molecule has 0 aliphatic rings. The zero-order valence-corrected chi connectivity index (χ0v) is 10.6. The van der Waals surface area contributed by atoms with Crippen molar-refractivity contribution in [3.05, 3.63) is 53.0 Å². The minimum atomic E-state index is -1.09. The highest BCUT2D eigenvalue weighted by atomic mass is 16.4. The van der Waals surface area contributed by atoms with Gasteiger partial charge in [-0.25, -0.2) is 4.79 Å². The molecule has 2 aromatic rings. The second kappa shape index (κ2) is 4.97. The maximum atomic E-state index is 12.0. The topological polar surface area (TPSA) is 79.5 Å². The molecule has 5 nitrogen and oxygen atoms in total. The molecule has 5 heteroatoms. The molecule has 2 rings (SSSR count). The van der Waals surface area contributed by atoms with E-state index in [4.69, 9.17) is 9.52 Å². The number of amides is 1. The van der Waals surface area contributed by atoms with Crippen LogP contribution in [0.25, 0.3) is 0 Å². The summed E-state index contributed by atoms with van der Waals surface area (Å²) in [4.78, 5) is 23.1. The number of hydrogen-bond donors (Lipinski definition) is 2. The number of para-hydroxylation sites is 1. The van der Waals surface area contributed by atoms with Crippen LogP contribution in [0.15, 0.2) is 34.7 Å². The quantitative estimate of drug-likeness (QED) is 0.888. The lowest BCUT2D eigenvalue weighted by Gasteiger charge is -2.10. The van der Waals surface area contributed by atoms with E-state index in [1.54, 1.807) is 38.1 Å². The lowest BCUT2D eigenvalue weighted by Crippen LogP contribution is -2.15. The van der Waals surface area contributed by atoms with Crippen molar-refractivity contribution >= 4 is 17.6 Å². The molecule has 0 aliphatic heterocycles. The third-order valence-corrected chi connectivity index (χ3v) is 2.71. The largest absolute Gasteiger partial charge is 0.478 e. The van der Waals surface area contributed by atoms with Gasteiger partial charge in [-0.2, -0.15) is 0 Å². The molecule has 0 saturated carbocycles. The van der Waals surface area contributed by atoms with Crippen molar-refractivity contribution in [3.63, 3.8) is 0 Å². The van der Waals surface area contributed by atoms with Gasteiger partial charge in [0.15, 0.2) is 5.76 Å². The number of aromatic carboxylic acids is 1. The predicted molar refractivity (Wildman–Crippen MR) is 69.5 cm³/mol. The molecule has 0 aliphatic carbocycles. The fourth-order valence-electron chi connectivity index (χ4n) is 1.74. The standard InChI is InChI=1S/C14H13NO4/c1-8-4-3-5-10(14(17)18)12(8)15-13(16)11-7-6-9(2)19-11/h3-7H,1-2H3,(H,15,16)(H,17,18). The predicted octanol–water partition coefficient (Wildman–Crippen LogP) is 2.85. The molecule has 19 heavy (non-hydrogen) atoms. The molecule has 0 unspecified atom stereocenters. The Kier molecular flexibility index (Phi) is 3.37. The summed E-state index contributed by atoms with van der Waals surface area (Å²) in [6.07, 6.45) is 0. The van der Waals surface area contributed by atoms with E-state index in [2.05, 4.69) is 5.32 Å². The fraction of sp³-hybridized carbons (Fsp3) is 0.143. The number of carboxylic acid groups (broad SMARTS) is 1. The van der Waals surface area contributed by atoms with Crippen molar-refractivity contribution in [2.75, 3.05) is 5.32 Å². The van der Waals surface area contributed by atoms with Crippen LogP contribution in [-0.4, -0.2) is 17.0 Å². The van der Waals surface area contributed by atoms with E-state index in [9.17, 15) is 9.59 Å². The smallest absolute Gasteiger partial charge is 0.337 e. The van der Waals surface area contributed by atoms with Gasteiger partial charge >= 0.3 is 5.97 Å². The van der Waals surface area contributed by atoms with Gasteiger partial charge in [-0.05, 0) is 37.6 Å². The number of rotatable bonds is 3. The van der Waals surface area contributed by atoms with Gasteiger partial charge in [0, 0.05) is 0 Å². The number of carboxylic acids is 1. The summed E-state index contributed by atoms with van der Waals surface area (Å²) in [6, 6.07) is 8.02. The average Bonchev–Trinajstić information content (AvgIpc) is 2.78. The molecule has 0 saturated heterocycles. The first kappa shape index (κ1) is 12.9. The van der Waals surface area contributed by atoms with E-state index >= 15 is 0 Å². The molecule has 1 aromatic carbocycles. The molecule has 0 spiro atoms. The summed E-state index contributed by atoms with van der Waals surface area (Å²) in [7, 11) is 0. The number of hydrogen-bond acceptors (Lipinski definition) is 3. The third kappa shape index (κ3) is 2.65. The van der Waals surface area contributed by atoms with E-state index in [1.807, 2.05) is 0 Å². The normalized spacial score (nSPS) is 10.2. The van der Waals surface area contributed by atoms with Crippen molar-refractivity contribution in [2.24, 2.45) is 0 Å². The Morgan fingerprint density at radius 3 is 2.47 bits per heavy atom. The Hall–Kier alpha value is -2.56. The van der Waals surface area contributed by atoms with E-state index in [1.165, 1.54) is 6.07 Å². The van der Waals surface area contributed by atoms with Crippen LogP contribution in [0.1, 0.15) is 32.2 Å². The zero-order chi connectivity index (χ0) is 14.0. The molecule has 0 atom stereocenters. The van der Waals surface area contributed by atoms with Crippen LogP contribution in [-0.2, 0) is 0 Å². The van der Waals surface area contributed by atoms with Crippen molar-refractivity contribution in [1.29, 1.82) is 0 Å². The molecular weight excluding hydrogens is 246 g/mol. The molecule has 1 aromatic heterocycles. The summed E-state index contributed by atoms with van der Waals surface area (Å²) >= 11 is 0. The first-order valence-electron chi connectivity index (χ1n) is 5.69. The van der Waals surface area contributed by atoms with Crippen LogP contribution in [0.4, 0.5) is 5.69 Å². The van der Waals surface area contributed by atoms with Crippen LogP contribution in [0, 0.1) is 13.8 Å². The minimum Gasteiger partial charge on any atom is -0.478 e. The Labute approximate surface area is 109 Å². The number of benzene rings is 1. The lowest BCUT2D eigenvalue weighted by atomic mass is 10.1. The Morgan fingerprint density at radius 1 is 1.16 bits per heavy atom. The summed E-state index contributed by atoms with van der Waals surface area (Å²) in [5.74, 6) is -0.787. The molecule has 1 heterocycles. The van der Waals surface area contributed by atoms with Gasteiger partial charge in [-0.1, -0.05) is 12.1 Å². The van der Waals surface area contributed by atoms with Gasteiger partial charge < -0.3 is 14.8 Å². The van der Waals surface area contributed by atoms with Gasteiger partial charge in [0.1, 0.15) is 5.76 Å². The summed E-state index contributed by atoms with van der Waals surface area (Å²) in [5, 5.41) is 11.7. The molecule has 2 N–H and O–H groups in total. The minimum absolute atomic E-state index is 0.0524. The van der Waals surface area contributed by atoms with E-state index < -0.39 is 11.9 Å². The zero-order valence-electron chi connectivity index (χ0n) is 10.6. The third-order valence-electron chi connectivity index (χ3n) is 2.71. The van der Waals surface area contributed by atoms with Crippen LogP contribution in [0.2, 0.25) is 0 Å². The van der Waals surface area contributed by atoms with Crippen LogP contribution in [0.3, 0.4) is 0 Å². The fourth-order valence-corrected chi connectivity index (χ4v) is 1.74. The lowest BCUT2D eigenvalue weighted by molar-refractivity contribution is 0.0698. The Morgan fingerprint density at radius 2 is 1.89 bits per heavy atom. The number of nitrogens with one attached hydrogen (secondary N) is 1. The summed E-state index contributed by atoms with van der Waals surface area (Å²) in [5.41, 5.74) is 1.02. The van der Waals surface area contributed by atoms with Gasteiger partial charge in [0.25, 0.3) is 5.91 Å². The van der Waals surface area contributed by atoms with E-state index in [-0.39, 0.29) is 17.0 Å². The molecule has 98 valence electrons. The first-order chi connectivity index (χ1) is 8.99. The first-order valence-corrected chi connectivity index (χ1v) is 5.69. The van der Waals surface area contributed by atoms with Gasteiger partial charge in [0.2, 0.25) is 0 Å². The van der Waals surface area contributed by atoms with Gasteiger partial charge in [-0.3, -0.25) is 4.79 Å². The maximum Gasteiger partial charge on any atom is 0.337 e. The van der Waals surface area contributed by atoms with Gasteiger partial charge in [-0.15, -0.1) is 0 Å². The summed E-state index contributed by atoms with van der Waals surface area (Å²) in [6.45, 7) is 3.46. The highest BCUT2D eigenvalue weighted by Crippen LogP contribution is 2.21. The molecule has 1 amide bonds. The number of carbonyl (C=O) groups excluding carboxylic acids is 1. The second-order valence-electron chi connectivity index (χ2n) is 4.17. The average molecular weight is 259 g/mol. The second-order valence-corrected chi connectivity index (χ2v) is 4.17. The molecule has 0 fully saturated rings. The molecular formula is C14H13NO4. The monoisotopic (exact) mass is 259 g/mol. The van der Waals surface area contributed by atoms with Crippen LogP contribution in [0.5, 0.6) is 0 Å². The highest BCUT2D eigenvalue weighted by Gasteiger charge is 2.17. The number of furan rings is 1. The van der Waals surface area contributed by atoms with Crippen molar-refractivity contribution < 1.29 is 19.1 Å². The van der Waals surface area contributed by atoms with Crippen molar-refractivity contribution in [2.45, 2.75) is 13.8 Å². The maximum absolute atomic E-state index is 12.0. The number of carbonyl (C=O) groups is 2. The van der Waals surface area contributed by atoms with Crippen LogP contribution < -0.4 is 5.32 Å².